The molecule has 0 aliphatic rings. The van der Waals surface area contributed by atoms with Crippen LogP contribution in [0.3, 0.4) is 0 Å². The molecule has 2 aromatic carbocycles. The van der Waals surface area contributed by atoms with Gasteiger partial charge >= 0.3 is 0 Å². The van der Waals surface area contributed by atoms with Crippen molar-refractivity contribution in [3.05, 3.63) is 47.5 Å². The molecular weight excluding hydrogens is 274 g/mol. The first-order chi connectivity index (χ1) is 9.72. The normalized spacial score (nSPS) is 10.8. The average Bonchev–Trinajstić information content (AvgIpc) is 2.92. The molecule has 3 rings (SSSR count). The fourth-order valence-electron chi connectivity index (χ4n) is 2.30. The average molecular weight is 288 g/mol. The van der Waals surface area contributed by atoms with Gasteiger partial charge in [0.1, 0.15) is 11.5 Å². The van der Waals surface area contributed by atoms with Crippen molar-refractivity contribution in [1.82, 2.24) is 4.98 Å². The van der Waals surface area contributed by atoms with Crippen LogP contribution in [0, 0.1) is 0 Å². The third-order valence-corrected chi connectivity index (χ3v) is 3.56. The van der Waals surface area contributed by atoms with Crippen LogP contribution in [0.1, 0.15) is 0 Å². The summed E-state index contributed by atoms with van der Waals surface area (Å²) in [6.07, 6.45) is 0. The second-order valence-corrected chi connectivity index (χ2v) is 4.89. The highest BCUT2D eigenvalue weighted by Crippen LogP contribution is 2.36. The van der Waals surface area contributed by atoms with Crippen LogP contribution in [-0.2, 0) is 0 Å². The van der Waals surface area contributed by atoms with E-state index in [2.05, 4.69) is 11.1 Å². The smallest absolute Gasteiger partial charge is 0.143 e. The molecule has 0 radical (unpaired) electrons. The van der Waals surface area contributed by atoms with Crippen molar-refractivity contribution in [2.45, 2.75) is 0 Å². The number of hydrogen-bond donors (Lipinski definition) is 1. The Balaban J connectivity index is 2.21. The van der Waals surface area contributed by atoms with Crippen LogP contribution in [0.15, 0.2) is 42.5 Å². The summed E-state index contributed by atoms with van der Waals surface area (Å²) in [5.41, 5.74) is 2.99. The molecule has 0 aliphatic heterocycles. The van der Waals surface area contributed by atoms with Crippen LogP contribution in [0.4, 0.5) is 0 Å². The standard InChI is InChI=1S/C16H14ClNO2/c1-19-14-7-8-15(20-2)16-12(14)9-13(18-16)10-3-5-11(17)6-4-10/h3-9,18H,1-2H3. The molecule has 1 heterocycles. The second kappa shape index (κ2) is 5.10. The Morgan fingerprint density at radius 2 is 1.55 bits per heavy atom. The van der Waals surface area contributed by atoms with E-state index in [1.165, 1.54) is 0 Å². The molecule has 4 heteroatoms. The Morgan fingerprint density at radius 1 is 0.900 bits per heavy atom. The zero-order chi connectivity index (χ0) is 14.1. The van der Waals surface area contributed by atoms with E-state index in [0.29, 0.717) is 0 Å². The van der Waals surface area contributed by atoms with Crippen molar-refractivity contribution < 1.29 is 9.47 Å². The predicted octanol–water partition coefficient (Wildman–Crippen LogP) is 4.51. The molecule has 0 saturated heterocycles. The molecule has 0 spiro atoms. The van der Waals surface area contributed by atoms with E-state index in [9.17, 15) is 0 Å². The van der Waals surface area contributed by atoms with Gasteiger partial charge in [-0.15, -0.1) is 0 Å². The number of H-pyrrole nitrogens is 1. The molecule has 1 aromatic heterocycles. The van der Waals surface area contributed by atoms with E-state index in [1.807, 2.05) is 36.4 Å². The van der Waals surface area contributed by atoms with Crippen molar-refractivity contribution in [3.63, 3.8) is 0 Å². The lowest BCUT2D eigenvalue weighted by Crippen LogP contribution is -1.87. The Labute approximate surface area is 122 Å². The van der Waals surface area contributed by atoms with Gasteiger partial charge in [-0.1, -0.05) is 23.7 Å². The maximum absolute atomic E-state index is 5.92. The summed E-state index contributed by atoms with van der Waals surface area (Å²) in [5.74, 6) is 1.61. The van der Waals surface area contributed by atoms with E-state index < -0.39 is 0 Å². The van der Waals surface area contributed by atoms with Crippen LogP contribution in [0.25, 0.3) is 22.2 Å². The third-order valence-electron chi connectivity index (χ3n) is 3.31. The lowest BCUT2D eigenvalue weighted by atomic mass is 10.1. The van der Waals surface area contributed by atoms with Crippen LogP contribution < -0.4 is 9.47 Å². The van der Waals surface area contributed by atoms with Crippen molar-refractivity contribution in [2.24, 2.45) is 0 Å². The Morgan fingerprint density at radius 3 is 2.20 bits per heavy atom. The van der Waals surface area contributed by atoms with Gasteiger partial charge in [-0.05, 0) is 35.9 Å². The monoisotopic (exact) mass is 287 g/mol. The van der Waals surface area contributed by atoms with E-state index in [0.717, 1.165) is 38.7 Å². The fraction of sp³-hybridized carbons (Fsp3) is 0.125. The minimum Gasteiger partial charge on any atom is -0.496 e. The fourth-order valence-corrected chi connectivity index (χ4v) is 2.43. The first-order valence-electron chi connectivity index (χ1n) is 6.22. The summed E-state index contributed by atoms with van der Waals surface area (Å²) < 4.78 is 10.8. The zero-order valence-corrected chi connectivity index (χ0v) is 12.0. The number of hydrogen-bond acceptors (Lipinski definition) is 2. The molecule has 0 saturated carbocycles. The van der Waals surface area contributed by atoms with Crippen LogP contribution >= 0.6 is 11.6 Å². The van der Waals surface area contributed by atoms with Gasteiger partial charge in [0.05, 0.1) is 19.7 Å². The Bertz CT molecular complexity index is 706. The maximum Gasteiger partial charge on any atom is 0.143 e. The highest BCUT2D eigenvalue weighted by molar-refractivity contribution is 6.30. The summed E-state index contributed by atoms with van der Waals surface area (Å²) in [4.78, 5) is 3.38. The van der Waals surface area contributed by atoms with Gasteiger partial charge in [-0.3, -0.25) is 0 Å². The van der Waals surface area contributed by atoms with Crippen molar-refractivity contribution >= 4 is 22.5 Å². The quantitative estimate of drug-likeness (QED) is 0.769. The number of aromatic amines is 1. The lowest BCUT2D eigenvalue weighted by Gasteiger charge is -2.05. The van der Waals surface area contributed by atoms with Gasteiger partial charge in [0.25, 0.3) is 0 Å². The second-order valence-electron chi connectivity index (χ2n) is 4.45. The van der Waals surface area contributed by atoms with E-state index in [4.69, 9.17) is 21.1 Å². The predicted molar refractivity (Wildman–Crippen MR) is 81.8 cm³/mol. The molecule has 0 atom stereocenters. The lowest BCUT2D eigenvalue weighted by molar-refractivity contribution is 0.410. The Kier molecular flexibility index (Phi) is 3.28. The number of aromatic nitrogens is 1. The molecule has 0 unspecified atom stereocenters. The van der Waals surface area contributed by atoms with E-state index >= 15 is 0 Å². The maximum atomic E-state index is 5.92. The van der Waals surface area contributed by atoms with Crippen molar-refractivity contribution in [1.29, 1.82) is 0 Å². The largest absolute Gasteiger partial charge is 0.496 e. The molecule has 0 fully saturated rings. The van der Waals surface area contributed by atoms with Crippen molar-refractivity contribution in [2.75, 3.05) is 14.2 Å². The molecule has 102 valence electrons. The summed E-state index contributed by atoms with van der Waals surface area (Å²) in [7, 11) is 3.32. The Hall–Kier alpha value is -2.13. The van der Waals surface area contributed by atoms with Gasteiger partial charge in [-0.2, -0.15) is 0 Å². The van der Waals surface area contributed by atoms with Gasteiger partial charge < -0.3 is 14.5 Å². The molecule has 20 heavy (non-hydrogen) atoms. The number of fused-ring (bicyclic) bond motifs is 1. The van der Waals surface area contributed by atoms with Gasteiger partial charge in [0, 0.05) is 16.1 Å². The molecule has 0 amide bonds. The number of ether oxygens (including phenoxy) is 2. The molecule has 0 bridgehead atoms. The van der Waals surface area contributed by atoms with E-state index in [1.54, 1.807) is 14.2 Å². The number of methoxy groups -OCH3 is 2. The van der Waals surface area contributed by atoms with Gasteiger partial charge in [0.15, 0.2) is 0 Å². The van der Waals surface area contributed by atoms with Crippen LogP contribution in [0.2, 0.25) is 5.02 Å². The highest BCUT2D eigenvalue weighted by Gasteiger charge is 2.11. The minimum atomic E-state index is 0.722. The number of benzene rings is 2. The highest BCUT2D eigenvalue weighted by atomic mass is 35.5. The molecule has 0 aliphatic carbocycles. The third kappa shape index (κ3) is 2.10. The first-order valence-corrected chi connectivity index (χ1v) is 6.60. The summed E-state index contributed by atoms with van der Waals surface area (Å²) in [5, 5.41) is 1.72. The number of rotatable bonds is 3. The zero-order valence-electron chi connectivity index (χ0n) is 11.2. The van der Waals surface area contributed by atoms with Crippen LogP contribution in [0.5, 0.6) is 11.5 Å². The summed E-state index contributed by atoms with van der Waals surface area (Å²) in [6, 6.07) is 13.6. The molecule has 3 aromatic rings. The SMILES string of the molecule is COc1ccc(OC)c2[nH]c(-c3ccc(Cl)cc3)cc12. The van der Waals surface area contributed by atoms with Gasteiger partial charge in [0.2, 0.25) is 0 Å². The topological polar surface area (TPSA) is 34.2 Å². The number of halogens is 1. The molecule has 1 N–H and O–H groups in total. The molecular formula is C16H14ClNO2. The van der Waals surface area contributed by atoms with E-state index in [-0.39, 0.29) is 0 Å². The summed E-state index contributed by atoms with van der Waals surface area (Å²) >= 11 is 5.92. The van der Waals surface area contributed by atoms with Gasteiger partial charge in [-0.25, -0.2) is 0 Å². The first kappa shape index (κ1) is 12.9. The minimum absolute atomic E-state index is 0.722. The molecule has 3 nitrogen and oxygen atoms in total. The van der Waals surface area contributed by atoms with Crippen molar-refractivity contribution in [3.8, 4) is 22.8 Å². The number of nitrogens with one attached hydrogen (secondary N) is 1. The summed E-state index contributed by atoms with van der Waals surface area (Å²) in [6.45, 7) is 0. The van der Waals surface area contributed by atoms with Crippen LogP contribution in [-0.4, -0.2) is 19.2 Å².